The van der Waals surface area contributed by atoms with Crippen molar-refractivity contribution in [3.05, 3.63) is 28.2 Å². The smallest absolute Gasteiger partial charge is 0.191 e. The van der Waals surface area contributed by atoms with Crippen LogP contribution in [0.5, 0.6) is 5.75 Å². The van der Waals surface area contributed by atoms with Crippen LogP contribution < -0.4 is 4.74 Å². The molecule has 0 unspecified atom stereocenters. The summed E-state index contributed by atoms with van der Waals surface area (Å²) in [5.41, 5.74) is 1.19. The molecule has 0 aliphatic carbocycles. The second-order valence-electron chi connectivity index (χ2n) is 6.31. The average Bonchev–Trinajstić information content (AvgIpc) is 2.27. The Labute approximate surface area is 126 Å². The fourth-order valence-electron chi connectivity index (χ4n) is 1.58. The number of methoxy groups -OCH3 is 1. The van der Waals surface area contributed by atoms with Crippen molar-refractivity contribution in [2.45, 2.75) is 45.3 Å². The van der Waals surface area contributed by atoms with E-state index in [1.54, 1.807) is 7.11 Å². The van der Waals surface area contributed by atoms with E-state index in [1.165, 1.54) is 5.56 Å². The van der Waals surface area contributed by atoms with Crippen LogP contribution in [0.15, 0.2) is 22.7 Å². The molecular weight excluding hydrogens is 320 g/mol. The van der Waals surface area contributed by atoms with Crippen LogP contribution in [-0.2, 0) is 10.8 Å². The molecular formula is C15H25BrO2Si. The van der Waals surface area contributed by atoms with Crippen molar-refractivity contribution < 1.29 is 9.16 Å². The minimum absolute atomic E-state index is 0.258. The van der Waals surface area contributed by atoms with Gasteiger partial charge in [0.15, 0.2) is 8.32 Å². The highest BCUT2D eigenvalue weighted by Gasteiger charge is 2.36. The maximum atomic E-state index is 6.21. The van der Waals surface area contributed by atoms with E-state index in [0.717, 1.165) is 23.2 Å². The Hall–Kier alpha value is -0.323. The van der Waals surface area contributed by atoms with Crippen molar-refractivity contribution in [3.8, 4) is 5.75 Å². The number of hydrogen-bond donors (Lipinski definition) is 0. The Morgan fingerprint density at radius 2 is 1.84 bits per heavy atom. The monoisotopic (exact) mass is 344 g/mol. The molecule has 0 radical (unpaired) electrons. The lowest BCUT2D eigenvalue weighted by molar-refractivity contribution is 0.289. The molecule has 4 heteroatoms. The zero-order chi connectivity index (χ0) is 14.7. The van der Waals surface area contributed by atoms with Crippen molar-refractivity contribution in [2.75, 3.05) is 13.7 Å². The SMILES string of the molecule is COc1ccc(Br)cc1CCO[Si](C)(C)C(C)(C)C. The van der Waals surface area contributed by atoms with Gasteiger partial charge in [0, 0.05) is 11.1 Å². The molecule has 0 fully saturated rings. The fraction of sp³-hybridized carbons (Fsp3) is 0.600. The molecule has 0 aliphatic heterocycles. The summed E-state index contributed by atoms with van der Waals surface area (Å²) in [6.07, 6.45) is 0.884. The second-order valence-corrected chi connectivity index (χ2v) is 12.0. The van der Waals surface area contributed by atoms with Gasteiger partial charge in [0.05, 0.1) is 7.11 Å². The van der Waals surface area contributed by atoms with Crippen LogP contribution in [0.25, 0.3) is 0 Å². The van der Waals surface area contributed by atoms with Crippen LogP contribution in [-0.4, -0.2) is 22.0 Å². The van der Waals surface area contributed by atoms with E-state index >= 15 is 0 Å². The number of ether oxygens (including phenoxy) is 1. The largest absolute Gasteiger partial charge is 0.496 e. The zero-order valence-corrected chi connectivity index (χ0v) is 15.4. The van der Waals surface area contributed by atoms with Gasteiger partial charge in [-0.15, -0.1) is 0 Å². The Kier molecular flexibility index (Phi) is 5.65. The minimum Gasteiger partial charge on any atom is -0.496 e. The molecule has 0 aliphatic rings. The number of benzene rings is 1. The van der Waals surface area contributed by atoms with Gasteiger partial charge in [0.1, 0.15) is 5.75 Å². The van der Waals surface area contributed by atoms with E-state index in [4.69, 9.17) is 9.16 Å². The first-order chi connectivity index (χ1) is 8.67. The third kappa shape index (κ3) is 4.62. The van der Waals surface area contributed by atoms with Gasteiger partial charge >= 0.3 is 0 Å². The minimum atomic E-state index is -1.65. The summed E-state index contributed by atoms with van der Waals surface area (Å²) in [5.74, 6) is 0.932. The maximum absolute atomic E-state index is 6.21. The second kappa shape index (κ2) is 6.42. The van der Waals surface area contributed by atoms with Crippen LogP contribution in [0, 0.1) is 0 Å². The van der Waals surface area contributed by atoms with E-state index in [9.17, 15) is 0 Å². The highest BCUT2D eigenvalue weighted by molar-refractivity contribution is 9.10. The summed E-state index contributed by atoms with van der Waals surface area (Å²) in [6.45, 7) is 12.1. The number of hydrogen-bond acceptors (Lipinski definition) is 2. The quantitative estimate of drug-likeness (QED) is 0.698. The van der Waals surface area contributed by atoms with Crippen molar-refractivity contribution in [1.82, 2.24) is 0 Å². The summed E-state index contributed by atoms with van der Waals surface area (Å²) in [5, 5.41) is 0.258. The molecule has 0 heterocycles. The molecule has 108 valence electrons. The lowest BCUT2D eigenvalue weighted by atomic mass is 10.1. The van der Waals surface area contributed by atoms with Crippen LogP contribution in [0.3, 0.4) is 0 Å². The van der Waals surface area contributed by atoms with E-state index in [2.05, 4.69) is 55.9 Å². The Morgan fingerprint density at radius 3 is 2.37 bits per heavy atom. The van der Waals surface area contributed by atoms with Gasteiger partial charge in [-0.05, 0) is 48.3 Å². The summed E-state index contributed by atoms with van der Waals surface area (Å²) in [6, 6.07) is 6.09. The number of rotatable bonds is 5. The normalized spacial score (nSPS) is 12.6. The summed E-state index contributed by atoms with van der Waals surface area (Å²) in [4.78, 5) is 0. The predicted octanol–water partition coefficient (Wildman–Crippen LogP) is 5.02. The molecule has 0 N–H and O–H groups in total. The maximum Gasteiger partial charge on any atom is 0.191 e. The molecule has 0 bridgehead atoms. The van der Waals surface area contributed by atoms with Gasteiger partial charge in [-0.25, -0.2) is 0 Å². The molecule has 1 rings (SSSR count). The third-order valence-corrected chi connectivity index (χ3v) is 8.91. The first kappa shape index (κ1) is 16.7. The molecule has 19 heavy (non-hydrogen) atoms. The predicted molar refractivity (Wildman–Crippen MR) is 87.5 cm³/mol. The lowest BCUT2D eigenvalue weighted by Gasteiger charge is -2.36. The van der Waals surface area contributed by atoms with Crippen LogP contribution in [0.2, 0.25) is 18.1 Å². The topological polar surface area (TPSA) is 18.5 Å². The summed E-state index contributed by atoms with van der Waals surface area (Å²) >= 11 is 3.50. The Bertz CT molecular complexity index is 425. The van der Waals surface area contributed by atoms with E-state index < -0.39 is 8.32 Å². The molecule has 0 aromatic heterocycles. The van der Waals surface area contributed by atoms with Crippen LogP contribution in [0.1, 0.15) is 26.3 Å². The molecule has 2 nitrogen and oxygen atoms in total. The Balaban J connectivity index is 2.66. The molecule has 0 saturated heterocycles. The highest BCUT2D eigenvalue weighted by atomic mass is 79.9. The van der Waals surface area contributed by atoms with Gasteiger partial charge < -0.3 is 9.16 Å². The van der Waals surface area contributed by atoms with Crippen molar-refractivity contribution in [2.24, 2.45) is 0 Å². The van der Waals surface area contributed by atoms with Crippen LogP contribution >= 0.6 is 15.9 Å². The first-order valence-electron chi connectivity index (χ1n) is 6.64. The van der Waals surface area contributed by atoms with E-state index in [0.29, 0.717) is 0 Å². The lowest BCUT2D eigenvalue weighted by Crippen LogP contribution is -2.41. The molecule has 0 saturated carbocycles. The van der Waals surface area contributed by atoms with Gasteiger partial charge in [-0.3, -0.25) is 0 Å². The first-order valence-corrected chi connectivity index (χ1v) is 10.3. The molecule has 0 spiro atoms. The molecule has 1 aromatic rings. The standard InChI is InChI=1S/C15H25BrO2Si/c1-15(2,3)19(5,6)18-10-9-12-11-13(16)7-8-14(12)17-4/h7-8,11H,9-10H2,1-6H3. The van der Waals surface area contributed by atoms with Gasteiger partial charge in [-0.1, -0.05) is 36.7 Å². The summed E-state index contributed by atoms with van der Waals surface area (Å²) < 4.78 is 12.7. The van der Waals surface area contributed by atoms with Crippen molar-refractivity contribution in [1.29, 1.82) is 0 Å². The number of halogens is 1. The van der Waals surface area contributed by atoms with Gasteiger partial charge in [0.25, 0.3) is 0 Å². The molecule has 0 atom stereocenters. The zero-order valence-electron chi connectivity index (χ0n) is 12.8. The van der Waals surface area contributed by atoms with Crippen molar-refractivity contribution in [3.63, 3.8) is 0 Å². The average molecular weight is 345 g/mol. The van der Waals surface area contributed by atoms with Crippen molar-refractivity contribution >= 4 is 24.2 Å². The Morgan fingerprint density at radius 1 is 1.21 bits per heavy atom. The molecule has 0 amide bonds. The van der Waals surface area contributed by atoms with Gasteiger partial charge in [-0.2, -0.15) is 0 Å². The molecule has 1 aromatic carbocycles. The van der Waals surface area contributed by atoms with Crippen LogP contribution in [0.4, 0.5) is 0 Å². The highest BCUT2D eigenvalue weighted by Crippen LogP contribution is 2.36. The fourth-order valence-corrected chi connectivity index (χ4v) is 3.03. The van der Waals surface area contributed by atoms with Gasteiger partial charge in [0.2, 0.25) is 0 Å². The van der Waals surface area contributed by atoms with E-state index in [1.807, 2.05) is 12.1 Å². The third-order valence-electron chi connectivity index (χ3n) is 3.88. The summed E-state index contributed by atoms with van der Waals surface area (Å²) in [7, 11) is 0.0573. The van der Waals surface area contributed by atoms with E-state index in [-0.39, 0.29) is 5.04 Å².